The Morgan fingerprint density at radius 1 is 1.24 bits per heavy atom. The molecular formula is C17H25N3O. The van der Waals surface area contributed by atoms with Gasteiger partial charge in [-0.25, -0.2) is 0 Å². The molecule has 1 unspecified atom stereocenters. The fraction of sp³-hybridized carbons (Fsp3) is 0.471. The number of nitrogens with one attached hydrogen (secondary N) is 1. The molecule has 0 radical (unpaired) electrons. The molecule has 4 heteroatoms. The van der Waals surface area contributed by atoms with Crippen LogP contribution in [-0.2, 0) is 6.54 Å². The van der Waals surface area contributed by atoms with Crippen LogP contribution >= 0.6 is 0 Å². The molecule has 0 aliphatic heterocycles. The standard InChI is InChI=1S/C17H25N3O/c1-6-7-20-17(15(21-5)11-19-20)16(18-4)14-9-12(2)8-13(3)10-14/h8-11,16,18H,6-7H2,1-5H3. The summed E-state index contributed by atoms with van der Waals surface area (Å²) in [5.41, 5.74) is 4.87. The van der Waals surface area contributed by atoms with Crippen LogP contribution in [0.1, 0.15) is 41.8 Å². The molecule has 4 nitrogen and oxygen atoms in total. The van der Waals surface area contributed by atoms with Gasteiger partial charge >= 0.3 is 0 Å². The van der Waals surface area contributed by atoms with E-state index in [2.05, 4.69) is 49.4 Å². The zero-order valence-corrected chi connectivity index (χ0v) is 13.6. The van der Waals surface area contributed by atoms with Gasteiger partial charge < -0.3 is 10.1 Å². The van der Waals surface area contributed by atoms with E-state index in [1.165, 1.54) is 16.7 Å². The Balaban J connectivity index is 2.52. The van der Waals surface area contributed by atoms with Crippen molar-refractivity contribution in [1.29, 1.82) is 0 Å². The monoisotopic (exact) mass is 287 g/mol. The Bertz CT molecular complexity index is 584. The third kappa shape index (κ3) is 3.27. The highest BCUT2D eigenvalue weighted by Crippen LogP contribution is 2.30. The second-order valence-corrected chi connectivity index (χ2v) is 5.46. The number of benzene rings is 1. The second-order valence-electron chi connectivity index (χ2n) is 5.46. The lowest BCUT2D eigenvalue weighted by Gasteiger charge is -2.20. The molecule has 1 aromatic carbocycles. The molecule has 0 amide bonds. The summed E-state index contributed by atoms with van der Waals surface area (Å²) in [6.07, 6.45) is 2.85. The SMILES string of the molecule is CCCn1ncc(OC)c1C(NC)c1cc(C)cc(C)c1. The smallest absolute Gasteiger partial charge is 0.161 e. The summed E-state index contributed by atoms with van der Waals surface area (Å²) in [6.45, 7) is 7.30. The highest BCUT2D eigenvalue weighted by Gasteiger charge is 2.22. The number of methoxy groups -OCH3 is 1. The second kappa shape index (κ2) is 6.76. The molecule has 0 bridgehead atoms. The summed E-state index contributed by atoms with van der Waals surface area (Å²) in [4.78, 5) is 0. The summed E-state index contributed by atoms with van der Waals surface area (Å²) in [7, 11) is 3.68. The van der Waals surface area contributed by atoms with Crippen molar-refractivity contribution >= 4 is 0 Å². The van der Waals surface area contributed by atoms with Crippen LogP contribution in [-0.4, -0.2) is 23.9 Å². The molecular weight excluding hydrogens is 262 g/mol. The molecule has 0 aliphatic carbocycles. The van der Waals surface area contributed by atoms with Gasteiger partial charge in [0.2, 0.25) is 0 Å². The third-order valence-electron chi connectivity index (χ3n) is 3.64. The first-order chi connectivity index (χ1) is 10.1. The van der Waals surface area contributed by atoms with Crippen molar-refractivity contribution in [3.63, 3.8) is 0 Å². The molecule has 1 aromatic heterocycles. The fourth-order valence-electron chi connectivity index (χ4n) is 2.85. The van der Waals surface area contributed by atoms with Crippen LogP contribution in [0.2, 0.25) is 0 Å². The van der Waals surface area contributed by atoms with Gasteiger partial charge in [0.05, 0.1) is 19.3 Å². The minimum Gasteiger partial charge on any atom is -0.493 e. The van der Waals surface area contributed by atoms with Crippen molar-refractivity contribution in [2.45, 2.75) is 39.8 Å². The van der Waals surface area contributed by atoms with E-state index in [0.717, 1.165) is 24.4 Å². The predicted octanol–water partition coefficient (Wildman–Crippen LogP) is 3.23. The minimum absolute atomic E-state index is 0.0765. The molecule has 0 saturated heterocycles. The Morgan fingerprint density at radius 3 is 2.43 bits per heavy atom. The maximum absolute atomic E-state index is 5.51. The van der Waals surface area contributed by atoms with Crippen molar-refractivity contribution in [1.82, 2.24) is 15.1 Å². The van der Waals surface area contributed by atoms with Gasteiger partial charge in [0.15, 0.2) is 5.75 Å². The zero-order valence-electron chi connectivity index (χ0n) is 13.6. The minimum atomic E-state index is 0.0765. The molecule has 0 fully saturated rings. The Morgan fingerprint density at radius 2 is 1.90 bits per heavy atom. The molecule has 0 aliphatic rings. The number of aryl methyl sites for hydroxylation is 3. The number of hydrogen-bond donors (Lipinski definition) is 1. The van der Waals surface area contributed by atoms with Crippen molar-refractivity contribution < 1.29 is 4.74 Å². The van der Waals surface area contributed by atoms with Crippen LogP contribution in [0.5, 0.6) is 5.75 Å². The average molecular weight is 287 g/mol. The van der Waals surface area contributed by atoms with E-state index in [-0.39, 0.29) is 6.04 Å². The predicted molar refractivity (Wildman–Crippen MR) is 85.9 cm³/mol. The lowest BCUT2D eigenvalue weighted by Crippen LogP contribution is -2.22. The van der Waals surface area contributed by atoms with Crippen molar-refractivity contribution in [3.05, 3.63) is 46.8 Å². The number of hydrogen-bond acceptors (Lipinski definition) is 3. The van der Waals surface area contributed by atoms with E-state index >= 15 is 0 Å². The fourth-order valence-corrected chi connectivity index (χ4v) is 2.85. The molecule has 1 N–H and O–H groups in total. The Kier molecular flexibility index (Phi) is 5.02. The van der Waals surface area contributed by atoms with Crippen LogP contribution in [0.3, 0.4) is 0 Å². The van der Waals surface area contributed by atoms with Crippen LogP contribution < -0.4 is 10.1 Å². The summed E-state index contributed by atoms with van der Waals surface area (Å²) in [5, 5.41) is 7.88. The van der Waals surface area contributed by atoms with Crippen LogP contribution in [0.4, 0.5) is 0 Å². The van der Waals surface area contributed by atoms with Gasteiger partial charge in [-0.3, -0.25) is 4.68 Å². The quantitative estimate of drug-likeness (QED) is 0.886. The van der Waals surface area contributed by atoms with Crippen LogP contribution in [0.15, 0.2) is 24.4 Å². The number of nitrogens with zero attached hydrogens (tertiary/aromatic N) is 2. The van der Waals surface area contributed by atoms with E-state index < -0.39 is 0 Å². The third-order valence-corrected chi connectivity index (χ3v) is 3.64. The van der Waals surface area contributed by atoms with Gasteiger partial charge in [0, 0.05) is 6.54 Å². The van der Waals surface area contributed by atoms with E-state index in [4.69, 9.17) is 4.74 Å². The summed E-state index contributed by atoms with van der Waals surface area (Å²) in [6, 6.07) is 6.71. The number of ether oxygens (including phenoxy) is 1. The molecule has 2 aromatic rings. The Labute approximate surface area is 127 Å². The first kappa shape index (κ1) is 15.6. The number of rotatable bonds is 6. The van der Waals surface area contributed by atoms with Gasteiger partial charge in [-0.1, -0.05) is 36.2 Å². The number of aromatic nitrogens is 2. The highest BCUT2D eigenvalue weighted by atomic mass is 16.5. The lowest BCUT2D eigenvalue weighted by atomic mass is 9.98. The largest absolute Gasteiger partial charge is 0.493 e. The summed E-state index contributed by atoms with van der Waals surface area (Å²) >= 11 is 0. The first-order valence-corrected chi connectivity index (χ1v) is 7.45. The first-order valence-electron chi connectivity index (χ1n) is 7.45. The van der Waals surface area contributed by atoms with Crippen molar-refractivity contribution in [2.24, 2.45) is 0 Å². The average Bonchev–Trinajstić information content (AvgIpc) is 2.82. The van der Waals surface area contributed by atoms with E-state index in [1.54, 1.807) is 13.3 Å². The van der Waals surface area contributed by atoms with E-state index in [9.17, 15) is 0 Å². The van der Waals surface area contributed by atoms with Gasteiger partial charge in [-0.2, -0.15) is 5.10 Å². The summed E-state index contributed by atoms with van der Waals surface area (Å²) in [5.74, 6) is 0.835. The zero-order chi connectivity index (χ0) is 15.4. The molecule has 1 atom stereocenters. The molecule has 1 heterocycles. The lowest BCUT2D eigenvalue weighted by molar-refractivity contribution is 0.400. The maximum Gasteiger partial charge on any atom is 0.161 e. The molecule has 0 spiro atoms. The van der Waals surface area contributed by atoms with Gasteiger partial charge in [-0.05, 0) is 32.9 Å². The Hall–Kier alpha value is -1.81. The highest BCUT2D eigenvalue weighted by molar-refractivity contribution is 5.39. The maximum atomic E-state index is 5.51. The van der Waals surface area contributed by atoms with Crippen molar-refractivity contribution in [3.8, 4) is 5.75 Å². The van der Waals surface area contributed by atoms with E-state index in [0.29, 0.717) is 0 Å². The van der Waals surface area contributed by atoms with Crippen LogP contribution in [0, 0.1) is 13.8 Å². The molecule has 0 saturated carbocycles. The van der Waals surface area contributed by atoms with E-state index in [1.807, 2.05) is 11.7 Å². The molecule has 21 heavy (non-hydrogen) atoms. The molecule has 114 valence electrons. The van der Waals surface area contributed by atoms with Gasteiger partial charge in [0.25, 0.3) is 0 Å². The normalized spacial score (nSPS) is 12.4. The van der Waals surface area contributed by atoms with Gasteiger partial charge in [0.1, 0.15) is 5.69 Å². The van der Waals surface area contributed by atoms with Gasteiger partial charge in [-0.15, -0.1) is 0 Å². The van der Waals surface area contributed by atoms with Crippen LogP contribution in [0.25, 0.3) is 0 Å². The molecule has 2 rings (SSSR count). The summed E-state index contributed by atoms with van der Waals surface area (Å²) < 4.78 is 7.55. The topological polar surface area (TPSA) is 39.1 Å². The van der Waals surface area contributed by atoms with Crippen molar-refractivity contribution in [2.75, 3.05) is 14.2 Å².